The van der Waals surface area contributed by atoms with Crippen LogP contribution < -0.4 is 4.90 Å². The second-order valence-electron chi connectivity index (χ2n) is 19.9. The molecule has 1 aliphatic rings. The summed E-state index contributed by atoms with van der Waals surface area (Å²) < 4.78 is 0. The zero-order valence-electron chi connectivity index (χ0n) is 41.9. The van der Waals surface area contributed by atoms with Crippen molar-refractivity contribution in [2.45, 2.75) is 5.41 Å². The molecule has 0 saturated heterocycles. The van der Waals surface area contributed by atoms with E-state index in [1.165, 1.54) is 93.9 Å². The van der Waals surface area contributed by atoms with Crippen LogP contribution >= 0.6 is 0 Å². The maximum Gasteiger partial charge on any atom is 0.0714 e. The molecule has 0 saturated carbocycles. The van der Waals surface area contributed by atoms with E-state index in [2.05, 4.69) is 314 Å². The highest BCUT2D eigenvalue weighted by atomic mass is 15.1. The summed E-state index contributed by atoms with van der Waals surface area (Å²) in [5.74, 6) is 0. The predicted molar refractivity (Wildman–Crippen MR) is 321 cm³/mol. The van der Waals surface area contributed by atoms with Crippen LogP contribution in [-0.4, -0.2) is 0 Å². The van der Waals surface area contributed by atoms with Crippen molar-refractivity contribution >= 4 is 38.6 Å². The molecule has 13 aromatic carbocycles. The normalized spacial score (nSPS) is 12.3. The van der Waals surface area contributed by atoms with Gasteiger partial charge in [-0.2, -0.15) is 0 Å². The summed E-state index contributed by atoms with van der Waals surface area (Å²) in [5, 5.41) is 4.98. The van der Waals surface area contributed by atoms with Crippen molar-refractivity contribution in [3.63, 3.8) is 0 Å². The average molecular weight is 966 g/mol. The van der Waals surface area contributed by atoms with Gasteiger partial charge < -0.3 is 4.90 Å². The van der Waals surface area contributed by atoms with Gasteiger partial charge in [-0.05, 0) is 147 Å². The summed E-state index contributed by atoms with van der Waals surface area (Å²) in [6.45, 7) is 0. The lowest BCUT2D eigenvalue weighted by Gasteiger charge is -2.34. The molecule has 1 aliphatic carbocycles. The van der Waals surface area contributed by atoms with Gasteiger partial charge in [0.05, 0.1) is 11.1 Å². The van der Waals surface area contributed by atoms with E-state index in [-0.39, 0.29) is 0 Å². The molecule has 0 atom stereocenters. The van der Waals surface area contributed by atoms with Gasteiger partial charge in [-0.15, -0.1) is 0 Å². The summed E-state index contributed by atoms with van der Waals surface area (Å²) in [5.41, 5.74) is 22.1. The molecule has 356 valence electrons. The second kappa shape index (κ2) is 18.9. The fraction of sp³-hybridized carbons (Fsp3) is 0.0133. The number of nitrogens with zero attached hydrogens (tertiary/aromatic N) is 1. The van der Waals surface area contributed by atoms with Gasteiger partial charge in [-0.25, -0.2) is 0 Å². The lowest BCUT2D eigenvalue weighted by atomic mass is 9.68. The Labute approximate surface area is 444 Å². The van der Waals surface area contributed by atoms with Gasteiger partial charge in [-0.1, -0.05) is 267 Å². The monoisotopic (exact) mass is 965 g/mol. The minimum Gasteiger partial charge on any atom is -0.310 e. The van der Waals surface area contributed by atoms with Crippen LogP contribution in [0.2, 0.25) is 0 Å². The number of rotatable bonds is 10. The Morgan fingerprint density at radius 2 is 0.658 bits per heavy atom. The van der Waals surface area contributed by atoms with Gasteiger partial charge in [0.15, 0.2) is 0 Å². The number of hydrogen-bond donors (Lipinski definition) is 0. The van der Waals surface area contributed by atoms with Crippen molar-refractivity contribution < 1.29 is 0 Å². The first-order chi connectivity index (χ1) is 37.7. The van der Waals surface area contributed by atoms with Gasteiger partial charge in [-0.3, -0.25) is 0 Å². The Kier molecular flexibility index (Phi) is 11.2. The van der Waals surface area contributed by atoms with Gasteiger partial charge in [0.1, 0.15) is 0 Å². The van der Waals surface area contributed by atoms with Crippen molar-refractivity contribution in [3.05, 3.63) is 332 Å². The summed E-state index contributed by atoms with van der Waals surface area (Å²) in [4.78, 5) is 2.51. The van der Waals surface area contributed by atoms with E-state index in [4.69, 9.17) is 0 Å². The highest BCUT2D eigenvalue weighted by Crippen LogP contribution is 2.60. The Hall–Kier alpha value is -9.82. The van der Waals surface area contributed by atoms with Crippen molar-refractivity contribution in [2.24, 2.45) is 0 Å². The van der Waals surface area contributed by atoms with Crippen molar-refractivity contribution in [2.75, 3.05) is 4.90 Å². The SMILES string of the molecule is c1ccc(-c2cc(-c3ccccc3)cc(N(c3ccc(-c4ccc5c(c4)c(-c4ccccc4)c(-c4ccccc4)c4ccccc45)cc3)c3cccc4c3-c3ccccc3C4(c3ccccc3)c3ccccc3)c2)cc1. The quantitative estimate of drug-likeness (QED) is 0.123. The zero-order chi connectivity index (χ0) is 50.4. The third kappa shape index (κ3) is 7.47. The lowest BCUT2D eigenvalue weighted by Crippen LogP contribution is -2.28. The highest BCUT2D eigenvalue weighted by molar-refractivity contribution is 6.22. The fourth-order valence-corrected chi connectivity index (χ4v) is 12.4. The van der Waals surface area contributed by atoms with Crippen LogP contribution in [0.3, 0.4) is 0 Å². The van der Waals surface area contributed by atoms with Crippen LogP contribution in [0, 0.1) is 0 Å². The molecule has 76 heavy (non-hydrogen) atoms. The van der Waals surface area contributed by atoms with Gasteiger partial charge in [0, 0.05) is 16.9 Å². The zero-order valence-corrected chi connectivity index (χ0v) is 41.9. The van der Waals surface area contributed by atoms with Crippen molar-refractivity contribution in [1.29, 1.82) is 0 Å². The van der Waals surface area contributed by atoms with E-state index in [1.807, 2.05) is 0 Å². The van der Waals surface area contributed by atoms with E-state index in [0.29, 0.717) is 0 Å². The van der Waals surface area contributed by atoms with E-state index in [0.717, 1.165) is 33.8 Å². The van der Waals surface area contributed by atoms with E-state index < -0.39 is 5.41 Å². The van der Waals surface area contributed by atoms with Crippen LogP contribution in [0.4, 0.5) is 17.1 Å². The van der Waals surface area contributed by atoms with Gasteiger partial charge in [0.25, 0.3) is 0 Å². The molecule has 14 rings (SSSR count). The fourth-order valence-electron chi connectivity index (χ4n) is 12.4. The smallest absolute Gasteiger partial charge is 0.0714 e. The van der Waals surface area contributed by atoms with E-state index >= 15 is 0 Å². The molecule has 0 radical (unpaired) electrons. The molecule has 0 spiro atoms. The third-order valence-corrected chi connectivity index (χ3v) is 15.7. The standard InChI is InChI=1S/C75H51N/c1-7-24-52(25-8-1)58-48-59(53-26-9-2-10-27-53)50-63(49-58)76(71-41-23-40-70-74(71)67-38-21-22-39-69(67)75(70,60-32-15-5-16-33-60)61-34-17-6-18-35-61)62-45-42-54(43-46-62)57-44-47-65-64-36-19-20-37-66(64)72(55-28-11-3-12-29-55)73(68(65)51-57)56-30-13-4-14-31-56/h1-51H. The Morgan fingerprint density at radius 1 is 0.224 bits per heavy atom. The summed E-state index contributed by atoms with van der Waals surface area (Å²) in [6, 6.07) is 114. The summed E-state index contributed by atoms with van der Waals surface area (Å²) >= 11 is 0. The van der Waals surface area contributed by atoms with Gasteiger partial charge >= 0.3 is 0 Å². The lowest BCUT2D eigenvalue weighted by molar-refractivity contribution is 0.768. The maximum atomic E-state index is 2.51. The molecule has 0 N–H and O–H groups in total. The van der Waals surface area contributed by atoms with Crippen molar-refractivity contribution in [3.8, 4) is 66.8 Å². The van der Waals surface area contributed by atoms with Gasteiger partial charge in [0.2, 0.25) is 0 Å². The molecule has 0 amide bonds. The molecule has 1 heteroatoms. The largest absolute Gasteiger partial charge is 0.310 e. The molecule has 13 aromatic rings. The molecule has 0 fully saturated rings. The topological polar surface area (TPSA) is 3.24 Å². The van der Waals surface area contributed by atoms with Crippen molar-refractivity contribution in [1.82, 2.24) is 0 Å². The predicted octanol–water partition coefficient (Wildman–Crippen LogP) is 20.2. The van der Waals surface area contributed by atoms with E-state index in [1.54, 1.807) is 0 Å². The third-order valence-electron chi connectivity index (χ3n) is 15.7. The first-order valence-electron chi connectivity index (χ1n) is 26.3. The number of fused-ring (bicyclic) bond motifs is 6. The number of benzene rings is 13. The highest BCUT2D eigenvalue weighted by Gasteiger charge is 2.47. The Balaban J connectivity index is 1.01. The molecule has 0 unspecified atom stereocenters. The molecule has 0 bridgehead atoms. The first-order valence-corrected chi connectivity index (χ1v) is 26.3. The minimum atomic E-state index is -0.554. The molecule has 1 nitrogen and oxygen atoms in total. The molecule has 0 aromatic heterocycles. The summed E-state index contributed by atoms with van der Waals surface area (Å²) in [7, 11) is 0. The van der Waals surface area contributed by atoms with Crippen LogP contribution in [-0.2, 0) is 5.41 Å². The first kappa shape index (κ1) is 44.8. The molecule has 0 heterocycles. The maximum absolute atomic E-state index is 2.51. The van der Waals surface area contributed by atoms with Crippen LogP contribution in [0.5, 0.6) is 0 Å². The van der Waals surface area contributed by atoms with Crippen LogP contribution in [0.25, 0.3) is 88.3 Å². The molecular formula is C75H51N. The number of hydrogen-bond acceptors (Lipinski definition) is 1. The Morgan fingerprint density at radius 3 is 1.24 bits per heavy atom. The average Bonchev–Trinajstić information content (AvgIpc) is 4.03. The minimum absolute atomic E-state index is 0.554. The molecule has 0 aliphatic heterocycles. The second-order valence-corrected chi connectivity index (χ2v) is 19.9. The Bertz CT molecular complexity index is 4130. The van der Waals surface area contributed by atoms with Crippen LogP contribution in [0.1, 0.15) is 22.3 Å². The number of anilines is 3. The summed E-state index contributed by atoms with van der Waals surface area (Å²) in [6.07, 6.45) is 0. The molecular weight excluding hydrogens is 915 g/mol. The van der Waals surface area contributed by atoms with Crippen LogP contribution in [0.15, 0.2) is 309 Å². The van der Waals surface area contributed by atoms with E-state index in [9.17, 15) is 0 Å².